The van der Waals surface area contributed by atoms with Crippen LogP contribution < -0.4 is 4.74 Å². The Morgan fingerprint density at radius 3 is 2.53 bits per heavy atom. The van der Waals surface area contributed by atoms with E-state index < -0.39 is 5.82 Å². The fourth-order valence-corrected chi connectivity index (χ4v) is 2.02. The number of hydrogen-bond acceptors (Lipinski definition) is 2. The van der Waals surface area contributed by atoms with Crippen LogP contribution in [0.5, 0.6) is 5.75 Å². The van der Waals surface area contributed by atoms with Crippen molar-refractivity contribution < 1.29 is 18.6 Å². The summed E-state index contributed by atoms with van der Waals surface area (Å²) in [5, 5.41) is 8.97. The minimum absolute atomic E-state index is 0.188. The third-order valence-electron chi connectivity index (χ3n) is 2.50. The van der Waals surface area contributed by atoms with E-state index in [1.807, 2.05) is 0 Å². The monoisotopic (exact) mass is 328 g/mol. The highest BCUT2D eigenvalue weighted by molar-refractivity contribution is 9.10. The van der Waals surface area contributed by atoms with E-state index in [9.17, 15) is 8.78 Å². The maximum Gasteiger partial charge on any atom is 0.137 e. The molecule has 0 saturated carbocycles. The van der Waals surface area contributed by atoms with Crippen LogP contribution in [0.25, 0.3) is 0 Å². The Kier molecular flexibility index (Phi) is 4.50. The molecule has 100 valence electrons. The summed E-state index contributed by atoms with van der Waals surface area (Å²) >= 11 is 3.08. The Morgan fingerprint density at radius 2 is 1.84 bits per heavy atom. The van der Waals surface area contributed by atoms with E-state index in [-0.39, 0.29) is 19.0 Å². The van der Waals surface area contributed by atoms with Gasteiger partial charge in [0.25, 0.3) is 0 Å². The summed E-state index contributed by atoms with van der Waals surface area (Å²) < 4.78 is 32.0. The third kappa shape index (κ3) is 3.75. The molecule has 2 nitrogen and oxygen atoms in total. The molecule has 0 amide bonds. The van der Waals surface area contributed by atoms with Gasteiger partial charge < -0.3 is 9.84 Å². The molecule has 0 atom stereocenters. The molecule has 0 radical (unpaired) electrons. The molecule has 0 aromatic heterocycles. The van der Waals surface area contributed by atoms with E-state index in [1.54, 1.807) is 18.2 Å². The molecule has 0 aliphatic rings. The van der Waals surface area contributed by atoms with Crippen LogP contribution >= 0.6 is 15.9 Å². The van der Waals surface area contributed by atoms with Crippen molar-refractivity contribution in [2.24, 2.45) is 0 Å². The molecule has 19 heavy (non-hydrogen) atoms. The van der Waals surface area contributed by atoms with Gasteiger partial charge in [-0.2, -0.15) is 0 Å². The maximum absolute atomic E-state index is 13.2. The molecular weight excluding hydrogens is 318 g/mol. The highest BCUT2D eigenvalue weighted by atomic mass is 79.9. The molecular formula is C14H11BrF2O2. The molecule has 0 fully saturated rings. The van der Waals surface area contributed by atoms with Crippen LogP contribution in [0.1, 0.15) is 11.1 Å². The average molecular weight is 329 g/mol. The van der Waals surface area contributed by atoms with Crippen molar-refractivity contribution in [2.75, 3.05) is 0 Å². The number of aliphatic hydroxyl groups excluding tert-OH is 1. The summed E-state index contributed by atoms with van der Waals surface area (Å²) in [4.78, 5) is 0. The molecule has 0 aliphatic heterocycles. The van der Waals surface area contributed by atoms with Gasteiger partial charge in [-0.15, -0.1) is 0 Å². The van der Waals surface area contributed by atoms with E-state index in [0.29, 0.717) is 15.8 Å². The first kappa shape index (κ1) is 14.0. The first-order valence-corrected chi connectivity index (χ1v) is 6.35. The Hall–Kier alpha value is -1.46. The zero-order valence-electron chi connectivity index (χ0n) is 9.87. The molecule has 5 heteroatoms. The molecule has 2 aromatic rings. The highest BCUT2D eigenvalue weighted by Gasteiger charge is 2.04. The second kappa shape index (κ2) is 6.12. The highest BCUT2D eigenvalue weighted by Crippen LogP contribution is 2.20. The summed E-state index contributed by atoms with van der Waals surface area (Å²) in [6.45, 7) is -0.0661. The maximum atomic E-state index is 13.2. The summed E-state index contributed by atoms with van der Waals surface area (Å²) in [6.07, 6.45) is 0. The lowest BCUT2D eigenvalue weighted by molar-refractivity contribution is 0.276. The van der Waals surface area contributed by atoms with Gasteiger partial charge in [0.2, 0.25) is 0 Å². The molecule has 2 aromatic carbocycles. The van der Waals surface area contributed by atoms with Crippen molar-refractivity contribution >= 4 is 15.9 Å². The Morgan fingerprint density at radius 1 is 1.05 bits per heavy atom. The topological polar surface area (TPSA) is 29.5 Å². The van der Waals surface area contributed by atoms with E-state index in [2.05, 4.69) is 15.9 Å². The van der Waals surface area contributed by atoms with Crippen molar-refractivity contribution in [1.29, 1.82) is 0 Å². The predicted molar refractivity (Wildman–Crippen MR) is 70.8 cm³/mol. The van der Waals surface area contributed by atoms with Crippen LogP contribution in [-0.2, 0) is 13.2 Å². The van der Waals surface area contributed by atoms with Crippen LogP contribution in [0.2, 0.25) is 0 Å². The molecule has 0 spiro atoms. The summed E-state index contributed by atoms with van der Waals surface area (Å²) in [7, 11) is 0. The summed E-state index contributed by atoms with van der Waals surface area (Å²) in [5.41, 5.74) is 1.19. The van der Waals surface area contributed by atoms with Gasteiger partial charge in [-0.1, -0.05) is 6.07 Å². The number of halogens is 3. The number of rotatable bonds is 4. The standard InChI is InChI=1S/C14H11BrF2O2/c15-13-5-9(1-2-14(13)17)8-19-12-4-10(7-18)3-11(16)6-12/h1-6,18H,7-8H2. The van der Waals surface area contributed by atoms with Gasteiger partial charge in [0.05, 0.1) is 11.1 Å². The molecule has 1 N–H and O–H groups in total. The number of aliphatic hydroxyl groups is 1. The predicted octanol–water partition coefficient (Wildman–Crippen LogP) is 3.80. The van der Waals surface area contributed by atoms with Crippen LogP contribution in [0, 0.1) is 11.6 Å². The normalized spacial score (nSPS) is 10.5. The van der Waals surface area contributed by atoms with E-state index in [0.717, 1.165) is 5.56 Å². The quantitative estimate of drug-likeness (QED) is 0.925. The lowest BCUT2D eigenvalue weighted by Gasteiger charge is -2.08. The number of ether oxygens (including phenoxy) is 1. The fourth-order valence-electron chi connectivity index (χ4n) is 1.59. The first-order valence-electron chi connectivity index (χ1n) is 5.55. The van der Waals surface area contributed by atoms with Crippen LogP contribution in [0.15, 0.2) is 40.9 Å². The minimum atomic E-state index is -0.471. The summed E-state index contributed by atoms with van der Waals surface area (Å²) in [5.74, 6) is -0.497. The van der Waals surface area contributed by atoms with Gasteiger partial charge in [0, 0.05) is 6.07 Å². The lowest BCUT2D eigenvalue weighted by atomic mass is 10.2. The van der Waals surface area contributed by atoms with Gasteiger partial charge >= 0.3 is 0 Å². The Bertz CT molecular complexity index is 588. The molecule has 0 unspecified atom stereocenters. The van der Waals surface area contributed by atoms with Gasteiger partial charge in [0.15, 0.2) is 0 Å². The van der Waals surface area contributed by atoms with E-state index in [1.165, 1.54) is 18.2 Å². The van der Waals surface area contributed by atoms with Crippen molar-refractivity contribution in [3.8, 4) is 5.75 Å². The van der Waals surface area contributed by atoms with E-state index in [4.69, 9.17) is 9.84 Å². The van der Waals surface area contributed by atoms with Gasteiger partial charge in [-0.25, -0.2) is 8.78 Å². The summed E-state index contributed by atoms with van der Waals surface area (Å²) in [6, 6.07) is 8.54. The second-order valence-electron chi connectivity index (χ2n) is 3.99. The third-order valence-corrected chi connectivity index (χ3v) is 3.11. The van der Waals surface area contributed by atoms with E-state index >= 15 is 0 Å². The molecule has 0 saturated heterocycles. The minimum Gasteiger partial charge on any atom is -0.489 e. The number of hydrogen-bond donors (Lipinski definition) is 1. The molecule has 2 rings (SSSR count). The zero-order valence-corrected chi connectivity index (χ0v) is 11.5. The van der Waals surface area contributed by atoms with Gasteiger partial charge in [-0.3, -0.25) is 0 Å². The lowest BCUT2D eigenvalue weighted by Crippen LogP contribution is -1.97. The molecule has 0 bridgehead atoms. The van der Waals surface area contributed by atoms with Crippen LogP contribution in [-0.4, -0.2) is 5.11 Å². The van der Waals surface area contributed by atoms with Crippen LogP contribution in [0.4, 0.5) is 8.78 Å². The van der Waals surface area contributed by atoms with Crippen molar-refractivity contribution in [2.45, 2.75) is 13.2 Å². The van der Waals surface area contributed by atoms with Crippen molar-refractivity contribution in [3.63, 3.8) is 0 Å². The largest absolute Gasteiger partial charge is 0.489 e. The molecule has 0 heterocycles. The second-order valence-corrected chi connectivity index (χ2v) is 4.84. The SMILES string of the molecule is OCc1cc(F)cc(OCc2ccc(F)c(Br)c2)c1. The van der Waals surface area contributed by atoms with Crippen molar-refractivity contribution in [1.82, 2.24) is 0 Å². The van der Waals surface area contributed by atoms with Gasteiger partial charge in [0.1, 0.15) is 24.0 Å². The van der Waals surface area contributed by atoms with Crippen LogP contribution in [0.3, 0.4) is 0 Å². The van der Waals surface area contributed by atoms with Gasteiger partial charge in [-0.05, 0) is 51.3 Å². The number of benzene rings is 2. The van der Waals surface area contributed by atoms with Crippen molar-refractivity contribution in [3.05, 3.63) is 63.6 Å². The fraction of sp³-hybridized carbons (Fsp3) is 0.143. The Labute approximate surface area is 117 Å². The zero-order chi connectivity index (χ0) is 13.8. The average Bonchev–Trinajstić information content (AvgIpc) is 2.39. The molecule has 0 aliphatic carbocycles. The smallest absolute Gasteiger partial charge is 0.137 e. The Balaban J connectivity index is 2.09. The first-order chi connectivity index (χ1) is 9.08.